The Labute approximate surface area is 155 Å². The van der Waals surface area contributed by atoms with E-state index in [2.05, 4.69) is 37.2 Å². The standard InChI is InChI=1S/C12H13Br2F3N2O.2ClH/c13-8-5-7(6-9(14)10(8)20)11(12(15,16)17)19-3-1-18-2-4-19;;/h5-6,11,18,20H,1-4H2;2*1H/t11-;;/m1../s1. The van der Waals surface area contributed by atoms with E-state index >= 15 is 0 Å². The molecule has 2 N–H and O–H groups in total. The summed E-state index contributed by atoms with van der Waals surface area (Å²) in [5, 5.41) is 12.7. The largest absolute Gasteiger partial charge is 0.506 e. The number of aromatic hydroxyl groups is 1. The van der Waals surface area contributed by atoms with Crippen molar-refractivity contribution in [1.29, 1.82) is 0 Å². The van der Waals surface area contributed by atoms with Gasteiger partial charge in [0.15, 0.2) is 0 Å². The molecular formula is C12H15Br2Cl2F3N2O. The van der Waals surface area contributed by atoms with Crippen LogP contribution in [0.3, 0.4) is 0 Å². The number of nitrogens with one attached hydrogen (secondary N) is 1. The smallest absolute Gasteiger partial charge is 0.408 e. The number of halogens is 7. The van der Waals surface area contributed by atoms with Crippen LogP contribution in [-0.4, -0.2) is 42.4 Å². The van der Waals surface area contributed by atoms with Gasteiger partial charge in [0.25, 0.3) is 0 Å². The molecule has 3 nitrogen and oxygen atoms in total. The van der Waals surface area contributed by atoms with Gasteiger partial charge in [-0.1, -0.05) is 0 Å². The van der Waals surface area contributed by atoms with Crippen molar-refractivity contribution in [3.05, 3.63) is 26.6 Å². The molecule has 0 spiro atoms. The first kappa shape index (κ1) is 22.3. The number of alkyl halides is 3. The van der Waals surface area contributed by atoms with Gasteiger partial charge in [0.05, 0.1) is 8.95 Å². The first-order valence-corrected chi connectivity index (χ1v) is 7.58. The summed E-state index contributed by atoms with van der Waals surface area (Å²) >= 11 is 6.16. The molecule has 0 aliphatic carbocycles. The first-order chi connectivity index (χ1) is 9.30. The molecular weight excluding hydrogens is 476 g/mol. The highest BCUT2D eigenvalue weighted by molar-refractivity contribution is 9.11. The van der Waals surface area contributed by atoms with Gasteiger partial charge < -0.3 is 10.4 Å². The highest BCUT2D eigenvalue weighted by atomic mass is 79.9. The van der Waals surface area contributed by atoms with Gasteiger partial charge in [0.1, 0.15) is 11.8 Å². The maximum atomic E-state index is 13.4. The van der Waals surface area contributed by atoms with Crippen molar-refractivity contribution in [2.75, 3.05) is 26.2 Å². The van der Waals surface area contributed by atoms with Gasteiger partial charge >= 0.3 is 6.18 Å². The van der Waals surface area contributed by atoms with Crippen molar-refractivity contribution >= 4 is 56.7 Å². The summed E-state index contributed by atoms with van der Waals surface area (Å²) in [5.74, 6) is -0.102. The Hall–Kier alpha value is 0.270. The molecule has 0 saturated carbocycles. The van der Waals surface area contributed by atoms with Gasteiger partial charge in [0.2, 0.25) is 0 Å². The summed E-state index contributed by atoms with van der Waals surface area (Å²) < 4.78 is 40.7. The van der Waals surface area contributed by atoms with E-state index in [4.69, 9.17) is 0 Å². The number of hydrogen-bond acceptors (Lipinski definition) is 3. The fourth-order valence-electron chi connectivity index (χ4n) is 2.29. The molecule has 10 heteroatoms. The zero-order valence-corrected chi connectivity index (χ0v) is 16.0. The van der Waals surface area contributed by atoms with Crippen LogP contribution in [0.25, 0.3) is 0 Å². The molecule has 1 aliphatic heterocycles. The van der Waals surface area contributed by atoms with Crippen LogP contribution in [0, 0.1) is 0 Å². The van der Waals surface area contributed by atoms with Crippen LogP contribution in [0.15, 0.2) is 21.1 Å². The predicted octanol–water partition coefficient (Wildman–Crippen LogP) is 4.27. The van der Waals surface area contributed by atoms with Crippen LogP contribution in [0.5, 0.6) is 5.75 Å². The molecule has 2 rings (SSSR count). The Morgan fingerprint density at radius 3 is 1.95 bits per heavy atom. The molecule has 1 saturated heterocycles. The second-order valence-electron chi connectivity index (χ2n) is 4.56. The quantitative estimate of drug-likeness (QED) is 0.650. The summed E-state index contributed by atoms with van der Waals surface area (Å²) in [6, 6.07) is 0.971. The lowest BCUT2D eigenvalue weighted by atomic mass is 10.0. The lowest BCUT2D eigenvalue weighted by Crippen LogP contribution is -2.49. The fourth-order valence-corrected chi connectivity index (χ4v) is 3.51. The van der Waals surface area contributed by atoms with Crippen molar-refractivity contribution in [2.45, 2.75) is 12.2 Å². The van der Waals surface area contributed by atoms with Crippen molar-refractivity contribution in [3.63, 3.8) is 0 Å². The van der Waals surface area contributed by atoms with Gasteiger partial charge in [-0.2, -0.15) is 13.2 Å². The Morgan fingerprint density at radius 1 is 1.09 bits per heavy atom. The zero-order valence-electron chi connectivity index (χ0n) is 11.2. The van der Waals surface area contributed by atoms with E-state index in [0.29, 0.717) is 26.2 Å². The van der Waals surface area contributed by atoms with E-state index in [-0.39, 0.29) is 45.1 Å². The summed E-state index contributed by atoms with van der Waals surface area (Å²) in [6.45, 7) is 1.74. The van der Waals surface area contributed by atoms with Gasteiger partial charge in [0, 0.05) is 26.2 Å². The minimum Gasteiger partial charge on any atom is -0.506 e. The van der Waals surface area contributed by atoms with Gasteiger partial charge in [-0.15, -0.1) is 24.8 Å². The van der Waals surface area contributed by atoms with E-state index in [0.717, 1.165) is 0 Å². The van der Waals surface area contributed by atoms with Crippen LogP contribution in [-0.2, 0) is 0 Å². The zero-order chi connectivity index (χ0) is 14.9. The van der Waals surface area contributed by atoms with E-state index in [9.17, 15) is 18.3 Å². The second-order valence-corrected chi connectivity index (χ2v) is 6.27. The topological polar surface area (TPSA) is 35.5 Å². The summed E-state index contributed by atoms with van der Waals surface area (Å²) in [6.07, 6.45) is -4.37. The lowest BCUT2D eigenvalue weighted by Gasteiger charge is -2.36. The minimum atomic E-state index is -4.37. The first-order valence-electron chi connectivity index (χ1n) is 6.00. The van der Waals surface area contributed by atoms with Crippen molar-refractivity contribution in [3.8, 4) is 5.75 Å². The number of rotatable bonds is 2. The molecule has 0 bridgehead atoms. The number of phenols is 1. The van der Waals surface area contributed by atoms with Gasteiger partial charge in [-0.25, -0.2) is 0 Å². The number of piperazine rings is 1. The average molecular weight is 491 g/mol. The molecule has 1 heterocycles. The molecule has 1 aliphatic rings. The molecule has 0 aromatic heterocycles. The Bertz CT molecular complexity index is 477. The Kier molecular flexibility index (Phi) is 9.05. The molecule has 1 aromatic rings. The van der Waals surface area contributed by atoms with E-state index in [1.54, 1.807) is 0 Å². The Balaban J connectivity index is 0.00000220. The van der Waals surface area contributed by atoms with Crippen LogP contribution >= 0.6 is 56.7 Å². The highest BCUT2D eigenvalue weighted by Gasteiger charge is 2.45. The number of phenolic OH excluding ortho intramolecular Hbond substituents is 1. The summed E-state index contributed by atoms with van der Waals surface area (Å²) in [7, 11) is 0. The number of hydrogen-bond donors (Lipinski definition) is 2. The van der Waals surface area contributed by atoms with Crippen LogP contribution in [0.2, 0.25) is 0 Å². The molecule has 1 aromatic carbocycles. The van der Waals surface area contributed by atoms with E-state index < -0.39 is 12.2 Å². The molecule has 128 valence electrons. The average Bonchev–Trinajstić information content (AvgIpc) is 2.35. The maximum Gasteiger partial charge on any atom is 0.408 e. The van der Waals surface area contributed by atoms with E-state index in [1.807, 2.05) is 0 Å². The monoisotopic (exact) mass is 488 g/mol. The molecule has 1 atom stereocenters. The SMILES string of the molecule is Cl.Cl.Oc1c(Br)cc([C@@H](N2CCNCC2)C(F)(F)F)cc1Br. The van der Waals surface area contributed by atoms with Crippen LogP contribution in [0.4, 0.5) is 13.2 Å². The van der Waals surface area contributed by atoms with Crippen LogP contribution in [0.1, 0.15) is 11.6 Å². The molecule has 0 unspecified atom stereocenters. The normalized spacial score (nSPS) is 17.3. The number of nitrogens with zero attached hydrogens (tertiary/aromatic N) is 1. The summed E-state index contributed by atoms with van der Waals surface area (Å²) in [5.41, 5.74) is 0.107. The summed E-state index contributed by atoms with van der Waals surface area (Å²) in [4.78, 5) is 1.40. The third kappa shape index (κ3) is 5.14. The molecule has 22 heavy (non-hydrogen) atoms. The van der Waals surface area contributed by atoms with Crippen LogP contribution < -0.4 is 5.32 Å². The fraction of sp³-hybridized carbons (Fsp3) is 0.500. The van der Waals surface area contributed by atoms with Gasteiger partial charge in [-0.05, 0) is 49.6 Å². The van der Waals surface area contributed by atoms with Crippen molar-refractivity contribution in [1.82, 2.24) is 10.2 Å². The second kappa shape index (κ2) is 8.94. The molecule has 1 fully saturated rings. The maximum absolute atomic E-state index is 13.4. The van der Waals surface area contributed by atoms with Gasteiger partial charge in [-0.3, -0.25) is 4.90 Å². The lowest BCUT2D eigenvalue weighted by molar-refractivity contribution is -0.187. The van der Waals surface area contributed by atoms with E-state index in [1.165, 1.54) is 17.0 Å². The Morgan fingerprint density at radius 2 is 1.55 bits per heavy atom. The molecule has 0 amide bonds. The number of benzene rings is 1. The van der Waals surface area contributed by atoms with Crippen molar-refractivity contribution < 1.29 is 18.3 Å². The third-order valence-corrected chi connectivity index (χ3v) is 4.39. The molecule has 0 radical (unpaired) electrons. The predicted molar refractivity (Wildman–Crippen MR) is 91.2 cm³/mol. The van der Waals surface area contributed by atoms with Crippen molar-refractivity contribution in [2.24, 2.45) is 0 Å². The third-order valence-electron chi connectivity index (χ3n) is 3.18. The minimum absolute atomic E-state index is 0. The highest BCUT2D eigenvalue weighted by Crippen LogP contribution is 2.42.